The van der Waals surface area contributed by atoms with Crippen molar-refractivity contribution in [2.45, 2.75) is 36.7 Å². The molecule has 0 rings (SSSR count). The van der Waals surface area contributed by atoms with E-state index in [9.17, 15) is 43.2 Å². The van der Waals surface area contributed by atoms with Crippen molar-refractivity contribution in [2.75, 3.05) is 11.5 Å². The van der Waals surface area contributed by atoms with Crippen LogP contribution in [0.4, 0.5) is 26.3 Å². The lowest BCUT2D eigenvalue weighted by molar-refractivity contribution is -0.134. The van der Waals surface area contributed by atoms with Crippen molar-refractivity contribution in [1.82, 2.24) is 0 Å². The molecule has 12 heteroatoms. The van der Waals surface area contributed by atoms with Gasteiger partial charge < -0.3 is 0 Å². The molecule has 0 aromatic heterocycles. The van der Waals surface area contributed by atoms with Crippen LogP contribution < -0.4 is 0 Å². The second kappa shape index (κ2) is 6.08. The monoisotopic (exact) mass is 350 g/mol. The van der Waals surface area contributed by atoms with Crippen LogP contribution in [0.15, 0.2) is 0 Å². The number of hydrogen-bond acceptors (Lipinski definition) is 4. The lowest BCUT2D eigenvalue weighted by Gasteiger charge is -2.19. The number of hydrogen-bond donors (Lipinski definition) is 0. The predicted molar refractivity (Wildman–Crippen MR) is 58.4 cm³/mol. The molecular formula is C8H12F6O4S2. The molecule has 0 aliphatic rings. The molecular weight excluding hydrogens is 338 g/mol. The molecule has 0 aromatic carbocycles. The molecule has 0 aromatic rings. The van der Waals surface area contributed by atoms with Gasteiger partial charge in [-0.15, -0.1) is 0 Å². The summed E-state index contributed by atoms with van der Waals surface area (Å²) >= 11 is 0. The maximum Gasteiger partial charge on any atom is 0.402 e. The van der Waals surface area contributed by atoms with E-state index in [0.29, 0.717) is 0 Å². The highest BCUT2D eigenvalue weighted by Gasteiger charge is 2.45. The van der Waals surface area contributed by atoms with E-state index in [1.165, 1.54) is 0 Å². The minimum absolute atomic E-state index is 0.868. The third kappa shape index (κ3) is 6.77. The number of halogens is 6. The highest BCUT2D eigenvalue weighted by atomic mass is 32.3. The minimum Gasteiger partial charge on any atom is -0.228 e. The maximum atomic E-state index is 12.1. The molecule has 0 heterocycles. The van der Waals surface area contributed by atoms with Gasteiger partial charge >= 0.3 is 12.4 Å². The van der Waals surface area contributed by atoms with E-state index in [4.69, 9.17) is 0 Å². The first-order valence-corrected chi connectivity index (χ1v) is 8.60. The van der Waals surface area contributed by atoms with Crippen molar-refractivity contribution >= 4 is 19.7 Å². The zero-order valence-electron chi connectivity index (χ0n) is 10.1. The number of rotatable bonds is 6. The Hall–Kier alpha value is -0.520. The molecule has 0 amide bonds. The van der Waals surface area contributed by atoms with Crippen LogP contribution in [0.25, 0.3) is 0 Å². The Balaban J connectivity index is 5.45. The molecule has 0 saturated heterocycles. The molecule has 1 unspecified atom stereocenters. The third-order valence-electron chi connectivity index (χ3n) is 2.23. The van der Waals surface area contributed by atoms with Crippen LogP contribution in [0.5, 0.6) is 0 Å². The molecule has 122 valence electrons. The van der Waals surface area contributed by atoms with E-state index in [1.807, 2.05) is 0 Å². The van der Waals surface area contributed by atoms with Crippen molar-refractivity contribution in [3.8, 4) is 0 Å². The van der Waals surface area contributed by atoms with Crippen LogP contribution >= 0.6 is 0 Å². The van der Waals surface area contributed by atoms with E-state index in [-0.39, 0.29) is 0 Å². The minimum atomic E-state index is -5.29. The number of sulfone groups is 2. The van der Waals surface area contributed by atoms with E-state index >= 15 is 0 Å². The lowest BCUT2D eigenvalue weighted by atomic mass is 10.3. The summed E-state index contributed by atoms with van der Waals surface area (Å²) in [6.45, 7) is 0.943. The summed E-state index contributed by atoms with van der Waals surface area (Å²) in [5, 5.41) is 0. The Kier molecular flexibility index (Phi) is 5.92. The molecule has 0 N–H and O–H groups in total. The summed E-state index contributed by atoms with van der Waals surface area (Å²) in [4.78, 5) is 0. The van der Waals surface area contributed by atoms with Gasteiger partial charge in [-0.3, -0.25) is 0 Å². The third-order valence-corrected chi connectivity index (χ3v) is 7.60. The Bertz CT molecular complexity index is 516. The molecule has 4 nitrogen and oxygen atoms in total. The zero-order chi connectivity index (χ0) is 16.4. The van der Waals surface area contributed by atoms with Crippen molar-refractivity contribution < 1.29 is 43.2 Å². The summed E-state index contributed by atoms with van der Waals surface area (Å²) in [6.07, 6.45) is -13.3. The summed E-state index contributed by atoms with van der Waals surface area (Å²) in [7, 11) is -9.89. The van der Waals surface area contributed by atoms with Crippen LogP contribution in [0.2, 0.25) is 0 Å². The van der Waals surface area contributed by atoms with Gasteiger partial charge in [-0.2, -0.15) is 26.3 Å². The van der Waals surface area contributed by atoms with Crippen LogP contribution in [0.3, 0.4) is 0 Å². The largest absolute Gasteiger partial charge is 0.402 e. The van der Waals surface area contributed by atoms with Gasteiger partial charge in [-0.25, -0.2) is 16.8 Å². The fraction of sp³-hybridized carbons (Fsp3) is 1.00. The van der Waals surface area contributed by atoms with Crippen molar-refractivity contribution in [2.24, 2.45) is 0 Å². The van der Waals surface area contributed by atoms with Gasteiger partial charge in [0.05, 0.1) is 0 Å². The van der Waals surface area contributed by atoms with Gasteiger partial charge in [-0.05, 0) is 6.42 Å². The van der Waals surface area contributed by atoms with E-state index in [0.717, 1.165) is 6.92 Å². The zero-order valence-corrected chi connectivity index (χ0v) is 11.8. The first-order chi connectivity index (χ1) is 8.61. The fourth-order valence-corrected chi connectivity index (χ4v) is 5.74. The van der Waals surface area contributed by atoms with Crippen molar-refractivity contribution in [1.29, 1.82) is 0 Å². The maximum absolute atomic E-state index is 12.1. The van der Waals surface area contributed by atoms with Crippen molar-refractivity contribution in [3.63, 3.8) is 0 Å². The highest BCUT2D eigenvalue weighted by Crippen LogP contribution is 2.29. The Morgan fingerprint density at radius 1 is 0.850 bits per heavy atom. The number of alkyl halides is 6. The highest BCUT2D eigenvalue weighted by molar-refractivity contribution is 8.09. The Labute approximate surface area is 112 Å². The standard InChI is InChI=1S/C8H12F6O4S2/c1-2-19(15,16)6(3-4-7(9,10)11)20(17,18)5-8(12,13)14/h6H,2-5H2,1H3. The normalized spacial score (nSPS) is 16.1. The van der Waals surface area contributed by atoms with Gasteiger partial charge in [0.2, 0.25) is 0 Å². The predicted octanol–water partition coefficient (Wildman–Crippen LogP) is 2.07. The van der Waals surface area contributed by atoms with Gasteiger partial charge in [0, 0.05) is 12.2 Å². The fourth-order valence-electron chi connectivity index (χ4n) is 1.37. The van der Waals surface area contributed by atoms with Crippen molar-refractivity contribution in [3.05, 3.63) is 0 Å². The van der Waals surface area contributed by atoms with Gasteiger partial charge in [0.25, 0.3) is 0 Å². The van der Waals surface area contributed by atoms with Gasteiger partial charge in [-0.1, -0.05) is 6.92 Å². The molecule has 0 spiro atoms. The molecule has 0 radical (unpaired) electrons. The molecule has 0 aliphatic carbocycles. The molecule has 0 aliphatic heterocycles. The average Bonchev–Trinajstić information content (AvgIpc) is 2.10. The molecule has 0 saturated carbocycles. The second-order valence-electron chi connectivity index (χ2n) is 3.96. The van der Waals surface area contributed by atoms with E-state index < -0.39 is 61.0 Å². The van der Waals surface area contributed by atoms with Crippen LogP contribution in [0.1, 0.15) is 19.8 Å². The van der Waals surface area contributed by atoms with Crippen LogP contribution in [-0.4, -0.2) is 45.3 Å². The first kappa shape index (κ1) is 19.5. The molecule has 1 atom stereocenters. The average molecular weight is 350 g/mol. The molecule has 0 fully saturated rings. The second-order valence-corrected chi connectivity index (χ2v) is 8.91. The van der Waals surface area contributed by atoms with E-state index in [2.05, 4.69) is 0 Å². The Morgan fingerprint density at radius 2 is 1.30 bits per heavy atom. The van der Waals surface area contributed by atoms with Gasteiger partial charge in [0.15, 0.2) is 24.3 Å². The van der Waals surface area contributed by atoms with E-state index in [1.54, 1.807) is 0 Å². The lowest BCUT2D eigenvalue weighted by Crippen LogP contribution is -2.38. The topological polar surface area (TPSA) is 68.3 Å². The molecule has 0 bridgehead atoms. The first-order valence-electron chi connectivity index (χ1n) is 5.17. The van der Waals surface area contributed by atoms with Gasteiger partial charge in [0.1, 0.15) is 5.75 Å². The van der Waals surface area contributed by atoms with Crippen LogP contribution in [0, 0.1) is 0 Å². The summed E-state index contributed by atoms with van der Waals surface area (Å²) < 4.78 is 115. The van der Waals surface area contributed by atoms with Crippen LogP contribution in [-0.2, 0) is 19.7 Å². The summed E-state index contributed by atoms with van der Waals surface area (Å²) in [5.41, 5.74) is 0. The smallest absolute Gasteiger partial charge is 0.228 e. The quantitative estimate of drug-likeness (QED) is 0.688. The summed E-state index contributed by atoms with van der Waals surface area (Å²) in [5.74, 6) is -3.34. The summed E-state index contributed by atoms with van der Waals surface area (Å²) in [6, 6.07) is 0. The SMILES string of the molecule is CCS(=O)(=O)C(CCC(F)(F)F)S(=O)(=O)CC(F)(F)F. The molecule has 20 heavy (non-hydrogen) atoms. The Morgan fingerprint density at radius 3 is 1.60 bits per heavy atom.